The molecule has 1 saturated heterocycles. The molecule has 1 amide bonds. The van der Waals surface area contributed by atoms with Crippen molar-refractivity contribution in [1.82, 2.24) is 29.6 Å². The van der Waals surface area contributed by atoms with Gasteiger partial charge in [0.2, 0.25) is 9.97 Å². The molecule has 8 heteroatoms. The van der Waals surface area contributed by atoms with Crippen LogP contribution >= 0.6 is 11.3 Å². The van der Waals surface area contributed by atoms with Crippen molar-refractivity contribution in [2.45, 2.75) is 0 Å². The molecule has 0 atom stereocenters. The van der Waals surface area contributed by atoms with Gasteiger partial charge in [0, 0.05) is 32.7 Å². The molecule has 2 aromatic heterocycles. The van der Waals surface area contributed by atoms with Gasteiger partial charge in [-0.25, -0.2) is 0 Å². The third kappa shape index (κ3) is 3.59. The van der Waals surface area contributed by atoms with Crippen LogP contribution in [0.5, 0.6) is 0 Å². The molecule has 3 heterocycles. The Labute approximate surface area is 149 Å². The van der Waals surface area contributed by atoms with E-state index in [9.17, 15) is 4.79 Å². The summed E-state index contributed by atoms with van der Waals surface area (Å²) in [4.78, 5) is 17.4. The van der Waals surface area contributed by atoms with Crippen molar-refractivity contribution in [3.05, 3.63) is 53.3 Å². The first kappa shape index (κ1) is 15.9. The summed E-state index contributed by atoms with van der Waals surface area (Å²) in [5, 5.41) is 12.4. The number of piperazine rings is 1. The van der Waals surface area contributed by atoms with E-state index in [1.807, 2.05) is 23.1 Å². The summed E-state index contributed by atoms with van der Waals surface area (Å²) in [6.45, 7) is 4.08. The van der Waals surface area contributed by atoms with Gasteiger partial charge in [-0.15, -0.1) is 15.3 Å². The second-order valence-electron chi connectivity index (χ2n) is 5.87. The van der Waals surface area contributed by atoms with E-state index in [1.165, 1.54) is 23.2 Å². The van der Waals surface area contributed by atoms with Crippen LogP contribution in [0.2, 0.25) is 0 Å². The van der Waals surface area contributed by atoms with Crippen molar-refractivity contribution in [3.8, 4) is 0 Å². The van der Waals surface area contributed by atoms with E-state index in [1.54, 1.807) is 4.52 Å². The smallest absolute Gasteiger partial charge is 0.284 e. The average Bonchev–Trinajstić information content (AvgIpc) is 3.25. The minimum Gasteiger partial charge on any atom is -0.334 e. The van der Waals surface area contributed by atoms with E-state index in [-0.39, 0.29) is 5.91 Å². The predicted octanol–water partition coefficient (Wildman–Crippen LogP) is 1.66. The summed E-state index contributed by atoms with van der Waals surface area (Å²) in [6.07, 6.45) is 5.83. The highest BCUT2D eigenvalue weighted by atomic mass is 32.1. The minimum absolute atomic E-state index is 0.0185. The maximum atomic E-state index is 12.6. The molecule has 1 aromatic carbocycles. The van der Waals surface area contributed by atoms with Gasteiger partial charge in [-0.05, 0) is 5.56 Å². The quantitative estimate of drug-likeness (QED) is 0.713. The largest absolute Gasteiger partial charge is 0.334 e. The molecule has 1 aliphatic heterocycles. The van der Waals surface area contributed by atoms with Crippen LogP contribution in [0.1, 0.15) is 15.4 Å². The number of carbonyl (C=O) groups is 1. The van der Waals surface area contributed by atoms with Crippen molar-refractivity contribution in [1.29, 1.82) is 0 Å². The van der Waals surface area contributed by atoms with E-state index in [0.717, 1.165) is 32.7 Å². The van der Waals surface area contributed by atoms with Crippen molar-refractivity contribution in [3.63, 3.8) is 0 Å². The average molecular weight is 354 g/mol. The van der Waals surface area contributed by atoms with Gasteiger partial charge < -0.3 is 4.90 Å². The maximum absolute atomic E-state index is 12.6. The molecule has 0 radical (unpaired) electrons. The molecule has 1 aliphatic rings. The first-order chi connectivity index (χ1) is 12.3. The van der Waals surface area contributed by atoms with Gasteiger partial charge in [0.1, 0.15) is 6.33 Å². The van der Waals surface area contributed by atoms with Crippen LogP contribution in [-0.2, 0) is 0 Å². The van der Waals surface area contributed by atoms with Gasteiger partial charge in [0.25, 0.3) is 5.91 Å². The number of hydrogen-bond acceptors (Lipinski definition) is 6. The van der Waals surface area contributed by atoms with E-state index < -0.39 is 0 Å². The molecule has 128 valence electrons. The standard InChI is InChI=1S/C17H18N6OS/c24-16(15-20-23-13-18-19-17(23)25-15)22-11-9-21(10-12-22)8-4-7-14-5-2-1-3-6-14/h1-7,13H,8-12H2/b7-4+. The van der Waals surface area contributed by atoms with Crippen LogP contribution in [0.4, 0.5) is 0 Å². The highest BCUT2D eigenvalue weighted by molar-refractivity contribution is 7.18. The van der Waals surface area contributed by atoms with E-state index in [4.69, 9.17) is 0 Å². The molecule has 0 saturated carbocycles. The Hall–Kier alpha value is -2.58. The third-order valence-corrected chi connectivity index (χ3v) is 5.10. The Kier molecular flexibility index (Phi) is 4.53. The van der Waals surface area contributed by atoms with Crippen LogP contribution in [0, 0.1) is 0 Å². The molecule has 0 spiro atoms. The molecule has 0 aliphatic carbocycles. The monoisotopic (exact) mass is 354 g/mol. The normalized spacial score (nSPS) is 16.1. The molecule has 25 heavy (non-hydrogen) atoms. The fraction of sp³-hybridized carbons (Fsp3) is 0.294. The Morgan fingerprint density at radius 1 is 1.16 bits per heavy atom. The van der Waals surface area contributed by atoms with Crippen LogP contribution in [-0.4, -0.2) is 68.2 Å². The second-order valence-corrected chi connectivity index (χ2v) is 6.83. The lowest BCUT2D eigenvalue weighted by Crippen LogP contribution is -2.48. The first-order valence-corrected chi connectivity index (χ1v) is 9.01. The van der Waals surface area contributed by atoms with Gasteiger partial charge in [0.05, 0.1) is 0 Å². The van der Waals surface area contributed by atoms with Crippen LogP contribution in [0.25, 0.3) is 11.0 Å². The summed E-state index contributed by atoms with van der Waals surface area (Å²) in [5.74, 6) is -0.0185. The van der Waals surface area contributed by atoms with Crippen molar-refractivity contribution < 1.29 is 4.79 Å². The number of amides is 1. The number of fused-ring (bicyclic) bond motifs is 1. The van der Waals surface area contributed by atoms with Gasteiger partial charge in [-0.2, -0.15) is 4.52 Å². The van der Waals surface area contributed by atoms with Crippen molar-refractivity contribution in [2.75, 3.05) is 32.7 Å². The lowest BCUT2D eigenvalue weighted by Gasteiger charge is -2.33. The summed E-state index contributed by atoms with van der Waals surface area (Å²) in [6, 6.07) is 10.3. The highest BCUT2D eigenvalue weighted by Crippen LogP contribution is 2.15. The fourth-order valence-corrected chi connectivity index (χ4v) is 3.60. The molecule has 3 aromatic rings. The number of aromatic nitrogens is 4. The summed E-state index contributed by atoms with van der Waals surface area (Å²) < 4.78 is 1.54. The lowest BCUT2D eigenvalue weighted by atomic mass is 10.2. The van der Waals surface area contributed by atoms with Crippen molar-refractivity contribution >= 4 is 28.3 Å². The zero-order chi connectivity index (χ0) is 17.1. The van der Waals surface area contributed by atoms with Crippen molar-refractivity contribution in [2.24, 2.45) is 0 Å². The Balaban J connectivity index is 1.30. The van der Waals surface area contributed by atoms with Crippen LogP contribution < -0.4 is 0 Å². The van der Waals surface area contributed by atoms with Gasteiger partial charge in [-0.3, -0.25) is 9.69 Å². The molecule has 0 bridgehead atoms. The molecule has 7 nitrogen and oxygen atoms in total. The molecule has 1 fully saturated rings. The number of nitrogens with zero attached hydrogens (tertiary/aromatic N) is 6. The van der Waals surface area contributed by atoms with Gasteiger partial charge >= 0.3 is 0 Å². The molecular formula is C17H18N6OS. The molecule has 0 unspecified atom stereocenters. The summed E-state index contributed by atoms with van der Waals surface area (Å²) in [5.41, 5.74) is 1.21. The zero-order valence-corrected chi connectivity index (χ0v) is 14.5. The van der Waals surface area contributed by atoms with E-state index >= 15 is 0 Å². The molecular weight excluding hydrogens is 336 g/mol. The number of rotatable bonds is 4. The lowest BCUT2D eigenvalue weighted by molar-refractivity contribution is 0.0648. The number of carbonyl (C=O) groups excluding carboxylic acids is 1. The Morgan fingerprint density at radius 3 is 2.72 bits per heavy atom. The number of benzene rings is 1. The second kappa shape index (κ2) is 7.12. The minimum atomic E-state index is -0.0185. The Bertz CT molecular complexity index is 850. The topological polar surface area (TPSA) is 66.6 Å². The summed E-state index contributed by atoms with van der Waals surface area (Å²) >= 11 is 1.28. The summed E-state index contributed by atoms with van der Waals surface area (Å²) in [7, 11) is 0. The third-order valence-electron chi connectivity index (χ3n) is 4.20. The van der Waals surface area contributed by atoms with Crippen LogP contribution in [0.3, 0.4) is 0 Å². The first-order valence-electron chi connectivity index (χ1n) is 8.20. The number of hydrogen-bond donors (Lipinski definition) is 0. The Morgan fingerprint density at radius 2 is 1.96 bits per heavy atom. The van der Waals surface area contributed by atoms with Gasteiger partial charge in [-0.1, -0.05) is 53.8 Å². The van der Waals surface area contributed by atoms with Gasteiger partial charge in [0.15, 0.2) is 0 Å². The van der Waals surface area contributed by atoms with E-state index in [2.05, 4.69) is 44.5 Å². The fourth-order valence-electron chi connectivity index (χ4n) is 2.82. The predicted molar refractivity (Wildman–Crippen MR) is 96.5 cm³/mol. The molecule has 0 N–H and O–H groups in total. The highest BCUT2D eigenvalue weighted by Gasteiger charge is 2.24. The van der Waals surface area contributed by atoms with Crippen LogP contribution in [0.15, 0.2) is 42.7 Å². The maximum Gasteiger partial charge on any atom is 0.284 e. The SMILES string of the molecule is O=C(c1nn2cnnc2s1)N1CCN(C/C=C/c2ccccc2)CC1. The molecule has 4 rings (SSSR count). The zero-order valence-electron chi connectivity index (χ0n) is 13.7. The van der Waals surface area contributed by atoms with E-state index in [0.29, 0.717) is 9.97 Å².